The van der Waals surface area contributed by atoms with Crippen molar-refractivity contribution >= 4 is 28.5 Å². The monoisotopic (exact) mass is 590 g/mol. The van der Waals surface area contributed by atoms with Gasteiger partial charge in [-0.05, 0) is 93.7 Å². The Balaban J connectivity index is 1.06. The number of piperidine rings is 2. The number of likely N-dealkylation sites (tertiary alicyclic amines) is 1. The maximum absolute atomic E-state index is 13.6. The van der Waals surface area contributed by atoms with Gasteiger partial charge in [-0.2, -0.15) is 0 Å². The van der Waals surface area contributed by atoms with Gasteiger partial charge in [-0.15, -0.1) is 0 Å². The van der Waals surface area contributed by atoms with Crippen LogP contribution in [0.2, 0.25) is 0 Å². The van der Waals surface area contributed by atoms with Gasteiger partial charge in [0.05, 0.1) is 16.7 Å². The van der Waals surface area contributed by atoms with E-state index in [-0.39, 0.29) is 17.2 Å². The minimum atomic E-state index is -0.208. The molecule has 0 saturated carbocycles. The molecule has 7 rings (SSSR count). The topological polar surface area (TPSA) is 83.4 Å². The summed E-state index contributed by atoms with van der Waals surface area (Å²) in [6.07, 6.45) is 9.43. The van der Waals surface area contributed by atoms with Crippen molar-refractivity contribution in [2.24, 2.45) is 0 Å². The number of aryl methyl sites for hydroxylation is 1. The Labute approximate surface area is 259 Å². The van der Waals surface area contributed by atoms with Crippen molar-refractivity contribution in [3.63, 3.8) is 0 Å². The van der Waals surface area contributed by atoms with Gasteiger partial charge in [0, 0.05) is 44.3 Å². The molecule has 8 nitrogen and oxygen atoms in total. The average molecular weight is 591 g/mol. The number of imidazole rings is 1. The second-order valence-electron chi connectivity index (χ2n) is 13.0. The third kappa shape index (κ3) is 5.30. The molecule has 0 spiro atoms. The number of rotatable bonds is 7. The summed E-state index contributed by atoms with van der Waals surface area (Å²) in [6, 6.07) is 24.7. The van der Waals surface area contributed by atoms with Crippen LogP contribution in [0.15, 0.2) is 72.9 Å². The van der Waals surface area contributed by atoms with Crippen molar-refractivity contribution in [2.45, 2.75) is 82.3 Å². The molecule has 2 aromatic heterocycles. The number of hydrogen-bond donors (Lipinski definition) is 1. The molecule has 8 heteroatoms. The summed E-state index contributed by atoms with van der Waals surface area (Å²) in [5.74, 6) is 0.807. The lowest BCUT2D eigenvalue weighted by molar-refractivity contribution is -0.114. The Morgan fingerprint density at radius 1 is 0.909 bits per heavy atom. The minimum absolute atomic E-state index is 0.0239. The van der Waals surface area contributed by atoms with Crippen LogP contribution in [0.5, 0.6) is 0 Å². The zero-order valence-corrected chi connectivity index (χ0v) is 25.8. The Morgan fingerprint density at radius 3 is 2.34 bits per heavy atom. The Hall–Kier alpha value is -4.04. The van der Waals surface area contributed by atoms with E-state index in [9.17, 15) is 9.59 Å². The molecule has 3 saturated heterocycles. The first-order valence-electron chi connectivity index (χ1n) is 16.2. The molecular formula is C36H42N6O2. The maximum Gasteiger partial charge on any atom is 0.274 e. The maximum atomic E-state index is 13.6. The van der Waals surface area contributed by atoms with E-state index in [2.05, 4.69) is 81.3 Å². The number of carbonyl (C=O) groups excluding carboxylic acids is 2. The molecule has 3 atom stereocenters. The highest BCUT2D eigenvalue weighted by Gasteiger charge is 2.44. The van der Waals surface area contributed by atoms with Gasteiger partial charge >= 0.3 is 0 Å². The summed E-state index contributed by atoms with van der Waals surface area (Å²) in [6.45, 7) is 6.04. The number of benzene rings is 2. The van der Waals surface area contributed by atoms with Gasteiger partial charge in [-0.25, -0.2) is 9.97 Å². The van der Waals surface area contributed by atoms with Gasteiger partial charge in [0.1, 0.15) is 5.82 Å². The predicted molar refractivity (Wildman–Crippen MR) is 173 cm³/mol. The molecule has 228 valence electrons. The van der Waals surface area contributed by atoms with Crippen molar-refractivity contribution < 1.29 is 9.59 Å². The predicted octanol–water partition coefficient (Wildman–Crippen LogP) is 6.13. The molecule has 3 fully saturated rings. The number of anilines is 1. The first kappa shape index (κ1) is 28.7. The number of amides is 2. The van der Waals surface area contributed by atoms with Crippen LogP contribution in [0.1, 0.15) is 79.8 Å². The number of hydrogen-bond acceptors (Lipinski definition) is 5. The highest BCUT2D eigenvalue weighted by atomic mass is 16.2. The Morgan fingerprint density at radius 2 is 1.61 bits per heavy atom. The average Bonchev–Trinajstić information content (AvgIpc) is 3.50. The van der Waals surface area contributed by atoms with Crippen molar-refractivity contribution in [1.82, 2.24) is 24.3 Å². The molecule has 3 aliphatic heterocycles. The van der Waals surface area contributed by atoms with E-state index in [0.717, 1.165) is 37.1 Å². The molecule has 0 aliphatic carbocycles. The first-order chi connectivity index (χ1) is 21.4. The number of para-hydroxylation sites is 2. The summed E-state index contributed by atoms with van der Waals surface area (Å²) in [5, 5.41) is 2.77. The van der Waals surface area contributed by atoms with Crippen LogP contribution in [-0.2, 0) is 10.2 Å². The number of pyridine rings is 1. The van der Waals surface area contributed by atoms with Crippen LogP contribution in [0.25, 0.3) is 11.0 Å². The highest BCUT2D eigenvalue weighted by Crippen LogP contribution is 2.45. The number of nitrogens with one attached hydrogen (secondary N) is 1. The van der Waals surface area contributed by atoms with Crippen LogP contribution in [0, 0.1) is 6.92 Å². The van der Waals surface area contributed by atoms with E-state index in [1.807, 2.05) is 4.90 Å². The largest absolute Gasteiger partial charge is 0.337 e. The molecular weight excluding hydrogens is 548 g/mol. The van der Waals surface area contributed by atoms with Crippen molar-refractivity contribution in [3.8, 4) is 0 Å². The quantitative estimate of drug-likeness (QED) is 0.280. The van der Waals surface area contributed by atoms with E-state index >= 15 is 0 Å². The van der Waals surface area contributed by atoms with Crippen LogP contribution >= 0.6 is 0 Å². The lowest BCUT2D eigenvalue weighted by Gasteiger charge is -2.45. The van der Waals surface area contributed by atoms with Crippen molar-refractivity contribution in [2.75, 3.05) is 25.0 Å². The lowest BCUT2D eigenvalue weighted by atomic mass is 9.70. The smallest absolute Gasteiger partial charge is 0.274 e. The SMILES string of the molecule is CC(=O)Nc1cccnc1C(=O)N1CCC(CCN2[C@@H]3CC[C@H]2CC(n2c(C)nc4ccccc42)C3)(c2ccccc2)CC1. The molecule has 5 heterocycles. The lowest BCUT2D eigenvalue weighted by Crippen LogP contribution is -2.49. The molecule has 2 bridgehead atoms. The van der Waals surface area contributed by atoms with E-state index in [4.69, 9.17) is 4.98 Å². The summed E-state index contributed by atoms with van der Waals surface area (Å²) >= 11 is 0. The summed E-state index contributed by atoms with van der Waals surface area (Å²) in [4.78, 5) is 39.3. The van der Waals surface area contributed by atoms with E-state index in [1.54, 1.807) is 18.3 Å². The van der Waals surface area contributed by atoms with Crippen molar-refractivity contribution in [3.05, 3.63) is 90.0 Å². The second kappa shape index (κ2) is 11.8. The van der Waals surface area contributed by atoms with Gasteiger partial charge in [-0.3, -0.25) is 14.5 Å². The molecule has 44 heavy (non-hydrogen) atoms. The summed E-state index contributed by atoms with van der Waals surface area (Å²) in [7, 11) is 0. The van der Waals surface area contributed by atoms with E-state index < -0.39 is 0 Å². The zero-order chi connectivity index (χ0) is 30.3. The number of carbonyl (C=O) groups is 2. The summed E-state index contributed by atoms with van der Waals surface area (Å²) < 4.78 is 2.51. The number of fused-ring (bicyclic) bond motifs is 3. The van der Waals surface area contributed by atoms with Crippen LogP contribution in [0.3, 0.4) is 0 Å². The van der Waals surface area contributed by atoms with Crippen molar-refractivity contribution in [1.29, 1.82) is 0 Å². The fraction of sp³-hybridized carbons (Fsp3) is 0.444. The molecule has 3 aliphatic rings. The van der Waals surface area contributed by atoms with Gasteiger partial charge < -0.3 is 14.8 Å². The Kier molecular flexibility index (Phi) is 7.70. The fourth-order valence-corrected chi connectivity index (χ4v) is 8.42. The van der Waals surface area contributed by atoms with E-state index in [0.29, 0.717) is 42.6 Å². The van der Waals surface area contributed by atoms with Gasteiger partial charge in [0.25, 0.3) is 5.91 Å². The number of nitrogens with zero attached hydrogens (tertiary/aromatic N) is 5. The molecule has 0 radical (unpaired) electrons. The minimum Gasteiger partial charge on any atom is -0.337 e. The first-order valence-corrected chi connectivity index (χ1v) is 16.2. The molecule has 2 amide bonds. The second-order valence-corrected chi connectivity index (χ2v) is 13.0. The van der Waals surface area contributed by atoms with Crippen LogP contribution < -0.4 is 5.32 Å². The van der Waals surface area contributed by atoms with E-state index in [1.165, 1.54) is 43.7 Å². The fourth-order valence-electron chi connectivity index (χ4n) is 8.42. The molecule has 1 unspecified atom stereocenters. The highest BCUT2D eigenvalue weighted by molar-refractivity contribution is 6.01. The Bertz CT molecular complexity index is 1640. The van der Waals surface area contributed by atoms with Crippen LogP contribution in [0.4, 0.5) is 5.69 Å². The van der Waals surface area contributed by atoms with Gasteiger partial charge in [0.2, 0.25) is 5.91 Å². The van der Waals surface area contributed by atoms with Gasteiger partial charge in [0.15, 0.2) is 5.69 Å². The standard InChI is InChI=1S/C36H42N6O2/c1-25-38-31-11-6-7-13-33(31)42(25)30-23-28-14-15-29(24-30)41(28)22-18-36(27-9-4-3-5-10-27)16-20-40(21-17-36)35(44)34-32(39-26(2)43)12-8-19-37-34/h3-13,19,28-30H,14-18,20-24H2,1-2H3,(H,39,43)/t28-,29+,30?. The van der Waals surface area contributed by atoms with Gasteiger partial charge in [-0.1, -0.05) is 42.5 Å². The number of aromatic nitrogens is 3. The third-order valence-corrected chi connectivity index (χ3v) is 10.6. The molecule has 1 N–H and O–H groups in total. The third-order valence-electron chi connectivity index (χ3n) is 10.6. The molecule has 2 aromatic carbocycles. The normalized spacial score (nSPS) is 23.1. The summed E-state index contributed by atoms with van der Waals surface area (Å²) in [5.41, 5.74) is 4.56. The molecule has 4 aromatic rings. The van der Waals surface area contributed by atoms with Crippen LogP contribution in [-0.4, -0.2) is 67.9 Å². The zero-order valence-electron chi connectivity index (χ0n) is 25.8.